The molecule has 166 valence electrons. The molecule has 0 radical (unpaired) electrons. The maximum Gasteiger partial charge on any atom is 0.267 e. The van der Waals surface area contributed by atoms with Crippen LogP contribution in [-0.4, -0.2) is 61.1 Å². The second-order valence-electron chi connectivity index (χ2n) is 7.56. The summed E-state index contributed by atoms with van der Waals surface area (Å²) in [6.07, 6.45) is 1.74. The van der Waals surface area contributed by atoms with E-state index in [9.17, 15) is 14.0 Å². The van der Waals surface area contributed by atoms with Gasteiger partial charge in [-0.25, -0.2) is 4.39 Å². The molecule has 4 rings (SSSR count). The number of benzene rings is 2. The van der Waals surface area contributed by atoms with Crippen LogP contribution in [0.3, 0.4) is 0 Å². The van der Waals surface area contributed by atoms with Crippen molar-refractivity contribution >= 4 is 17.5 Å². The topological polar surface area (TPSA) is 86.5 Å². The van der Waals surface area contributed by atoms with E-state index in [2.05, 4.69) is 20.5 Å². The summed E-state index contributed by atoms with van der Waals surface area (Å²) in [5, 5.41) is 5.61. The third-order valence-electron chi connectivity index (χ3n) is 5.29. The quantitative estimate of drug-likeness (QED) is 0.531. The monoisotopic (exact) mass is 436 g/mol. The maximum atomic E-state index is 13.4. The van der Waals surface area contributed by atoms with Crippen molar-refractivity contribution in [2.24, 2.45) is 0 Å². The summed E-state index contributed by atoms with van der Waals surface area (Å²) in [4.78, 5) is 30.3. The molecule has 0 atom stereocenters. The Kier molecular flexibility index (Phi) is 6.94. The van der Waals surface area contributed by atoms with Gasteiger partial charge < -0.3 is 20.4 Å². The predicted octanol–water partition coefficient (Wildman–Crippen LogP) is 3.14. The molecular formula is C24H25FN4O3. The third kappa shape index (κ3) is 5.60. The molecule has 1 fully saturated rings. The van der Waals surface area contributed by atoms with Gasteiger partial charge in [-0.05, 0) is 47.5 Å². The number of morpholine rings is 1. The number of carbonyl (C=O) groups is 2. The summed E-state index contributed by atoms with van der Waals surface area (Å²) < 4.78 is 18.7. The average molecular weight is 436 g/mol. The predicted molar refractivity (Wildman–Crippen MR) is 120 cm³/mol. The number of ether oxygens (including phenoxy) is 1. The van der Waals surface area contributed by atoms with Crippen molar-refractivity contribution in [3.63, 3.8) is 0 Å². The molecule has 3 N–H and O–H groups in total. The van der Waals surface area contributed by atoms with Crippen LogP contribution in [0, 0.1) is 5.82 Å². The molecule has 2 amide bonds. The summed E-state index contributed by atoms with van der Waals surface area (Å²) in [7, 11) is 0. The van der Waals surface area contributed by atoms with Crippen LogP contribution >= 0.6 is 0 Å². The number of aromatic amines is 1. The fraction of sp³-hybridized carbons (Fsp3) is 0.250. The summed E-state index contributed by atoms with van der Waals surface area (Å²) in [5.41, 5.74) is 2.86. The van der Waals surface area contributed by atoms with Gasteiger partial charge >= 0.3 is 0 Å². The molecule has 1 aliphatic heterocycles. The highest BCUT2D eigenvalue weighted by Gasteiger charge is 2.13. The van der Waals surface area contributed by atoms with Gasteiger partial charge in [0.05, 0.1) is 13.2 Å². The van der Waals surface area contributed by atoms with E-state index in [0.717, 1.165) is 44.0 Å². The van der Waals surface area contributed by atoms with Gasteiger partial charge in [0.1, 0.15) is 11.5 Å². The van der Waals surface area contributed by atoms with Crippen LogP contribution in [0.25, 0.3) is 11.1 Å². The Morgan fingerprint density at radius 2 is 1.81 bits per heavy atom. The molecule has 1 aliphatic rings. The van der Waals surface area contributed by atoms with Crippen LogP contribution in [0.4, 0.5) is 10.1 Å². The Morgan fingerprint density at radius 3 is 2.62 bits per heavy atom. The van der Waals surface area contributed by atoms with Crippen LogP contribution in [0.5, 0.6) is 0 Å². The molecule has 0 spiro atoms. The molecule has 0 aliphatic carbocycles. The zero-order valence-electron chi connectivity index (χ0n) is 17.6. The van der Waals surface area contributed by atoms with Crippen LogP contribution in [0.15, 0.2) is 60.8 Å². The molecule has 1 saturated heterocycles. The van der Waals surface area contributed by atoms with Gasteiger partial charge in [0.25, 0.3) is 11.8 Å². The maximum absolute atomic E-state index is 13.4. The minimum Gasteiger partial charge on any atom is -0.379 e. The zero-order chi connectivity index (χ0) is 22.3. The lowest BCUT2D eigenvalue weighted by Crippen LogP contribution is -2.41. The van der Waals surface area contributed by atoms with Gasteiger partial charge in [-0.15, -0.1) is 0 Å². The number of nitrogens with zero attached hydrogens (tertiary/aromatic N) is 1. The van der Waals surface area contributed by atoms with Crippen LogP contribution in [-0.2, 0) is 4.74 Å². The number of halogens is 1. The van der Waals surface area contributed by atoms with E-state index in [1.165, 1.54) is 18.2 Å². The summed E-state index contributed by atoms with van der Waals surface area (Å²) >= 11 is 0. The van der Waals surface area contributed by atoms with Gasteiger partial charge in [0.15, 0.2) is 0 Å². The second kappa shape index (κ2) is 10.2. The number of rotatable bonds is 7. The van der Waals surface area contributed by atoms with E-state index in [1.807, 2.05) is 6.07 Å². The summed E-state index contributed by atoms with van der Waals surface area (Å²) in [6, 6.07) is 14.6. The Morgan fingerprint density at radius 1 is 1.00 bits per heavy atom. The van der Waals surface area contributed by atoms with E-state index >= 15 is 0 Å². The number of anilines is 1. The standard InChI is InChI=1S/C24H25FN4O3/c25-20-5-2-6-21(15-20)28-23(30)18-4-1-3-17(13-18)19-14-22(27-16-19)24(31)26-7-8-29-9-11-32-12-10-29/h1-6,13-16,27H,7-12H2,(H,26,31)(H,28,30). The molecule has 2 aromatic carbocycles. The Bertz CT molecular complexity index is 1090. The lowest BCUT2D eigenvalue weighted by Gasteiger charge is -2.26. The van der Waals surface area contributed by atoms with E-state index in [4.69, 9.17) is 4.74 Å². The molecule has 2 heterocycles. The number of hydrogen-bond donors (Lipinski definition) is 3. The van der Waals surface area contributed by atoms with E-state index in [0.29, 0.717) is 23.5 Å². The van der Waals surface area contributed by atoms with Crippen molar-refractivity contribution in [3.8, 4) is 11.1 Å². The average Bonchev–Trinajstić information content (AvgIpc) is 3.30. The molecule has 3 aromatic rings. The number of hydrogen-bond acceptors (Lipinski definition) is 4. The fourth-order valence-electron chi connectivity index (χ4n) is 3.55. The molecule has 32 heavy (non-hydrogen) atoms. The lowest BCUT2D eigenvalue weighted by molar-refractivity contribution is 0.0383. The van der Waals surface area contributed by atoms with Gasteiger partial charge in [-0.3, -0.25) is 14.5 Å². The molecular weight excluding hydrogens is 411 g/mol. The first-order valence-electron chi connectivity index (χ1n) is 10.5. The van der Waals surface area contributed by atoms with Gasteiger partial charge in [-0.1, -0.05) is 18.2 Å². The number of nitrogens with one attached hydrogen (secondary N) is 3. The SMILES string of the molecule is O=C(Nc1cccc(F)c1)c1cccc(-c2c[nH]c(C(=O)NCCN3CCOCC3)c2)c1. The first-order valence-corrected chi connectivity index (χ1v) is 10.5. The van der Waals surface area contributed by atoms with Crippen LogP contribution in [0.1, 0.15) is 20.8 Å². The van der Waals surface area contributed by atoms with Gasteiger partial charge in [-0.2, -0.15) is 0 Å². The Hall–Kier alpha value is -3.49. The molecule has 7 nitrogen and oxygen atoms in total. The van der Waals surface area contributed by atoms with Crippen LogP contribution in [0.2, 0.25) is 0 Å². The molecule has 0 bridgehead atoms. The van der Waals surface area contributed by atoms with Crippen molar-refractivity contribution in [3.05, 3.63) is 77.9 Å². The van der Waals surface area contributed by atoms with Crippen molar-refractivity contribution in [2.75, 3.05) is 44.7 Å². The first kappa shape index (κ1) is 21.7. The number of amides is 2. The summed E-state index contributed by atoms with van der Waals surface area (Å²) in [6.45, 7) is 4.56. The minimum atomic E-state index is -0.417. The summed E-state index contributed by atoms with van der Waals surface area (Å²) in [5.74, 6) is -0.932. The largest absolute Gasteiger partial charge is 0.379 e. The molecule has 8 heteroatoms. The second-order valence-corrected chi connectivity index (χ2v) is 7.56. The smallest absolute Gasteiger partial charge is 0.267 e. The van der Waals surface area contributed by atoms with Gasteiger partial charge in [0.2, 0.25) is 0 Å². The van der Waals surface area contributed by atoms with E-state index in [1.54, 1.807) is 36.5 Å². The zero-order valence-corrected chi connectivity index (χ0v) is 17.6. The number of H-pyrrole nitrogens is 1. The molecule has 0 saturated carbocycles. The lowest BCUT2D eigenvalue weighted by atomic mass is 10.0. The van der Waals surface area contributed by atoms with Crippen molar-refractivity contribution in [2.45, 2.75) is 0 Å². The normalized spacial score (nSPS) is 14.2. The first-order chi connectivity index (χ1) is 15.6. The van der Waals surface area contributed by atoms with Crippen molar-refractivity contribution in [1.82, 2.24) is 15.2 Å². The Balaban J connectivity index is 1.37. The molecule has 1 aromatic heterocycles. The van der Waals surface area contributed by atoms with Crippen molar-refractivity contribution in [1.29, 1.82) is 0 Å². The minimum absolute atomic E-state index is 0.176. The highest BCUT2D eigenvalue weighted by molar-refractivity contribution is 6.05. The molecule has 0 unspecified atom stereocenters. The van der Waals surface area contributed by atoms with Gasteiger partial charge in [0, 0.05) is 43.6 Å². The van der Waals surface area contributed by atoms with E-state index in [-0.39, 0.29) is 11.8 Å². The number of carbonyl (C=O) groups excluding carboxylic acids is 2. The number of aromatic nitrogens is 1. The Labute approximate surface area is 185 Å². The van der Waals surface area contributed by atoms with Crippen LogP contribution < -0.4 is 10.6 Å². The van der Waals surface area contributed by atoms with E-state index < -0.39 is 5.82 Å². The fourth-order valence-corrected chi connectivity index (χ4v) is 3.55. The van der Waals surface area contributed by atoms with Crippen molar-refractivity contribution < 1.29 is 18.7 Å². The third-order valence-corrected chi connectivity index (χ3v) is 5.29. The highest BCUT2D eigenvalue weighted by Crippen LogP contribution is 2.22. The highest BCUT2D eigenvalue weighted by atomic mass is 19.1.